The third-order valence-electron chi connectivity index (χ3n) is 2.85. The van der Waals surface area contributed by atoms with E-state index in [0.717, 1.165) is 17.7 Å². The maximum atomic E-state index is 11.6. The molecule has 4 heteroatoms. The van der Waals surface area contributed by atoms with Crippen LogP contribution in [0.2, 0.25) is 0 Å². The first-order chi connectivity index (χ1) is 8.34. The largest absolute Gasteiger partial charge is 0.348 e. The highest BCUT2D eigenvalue weighted by atomic mass is 33.1. The van der Waals surface area contributed by atoms with Crippen LogP contribution in [0.4, 0.5) is 0 Å². The summed E-state index contributed by atoms with van der Waals surface area (Å²) in [6.07, 6.45) is 13.1. The van der Waals surface area contributed by atoms with Gasteiger partial charge >= 0.3 is 0 Å². The first kappa shape index (κ1) is 13.6. The van der Waals surface area contributed by atoms with Crippen LogP contribution in [-0.4, -0.2) is 16.9 Å². The van der Waals surface area contributed by atoms with Gasteiger partial charge in [0.25, 0.3) is 0 Å². The predicted octanol–water partition coefficient (Wildman–Crippen LogP) is 3.18. The van der Waals surface area contributed by atoms with Crippen LogP contribution in [0.25, 0.3) is 0 Å². The lowest BCUT2D eigenvalue weighted by molar-refractivity contribution is -0.120. The third-order valence-corrected chi connectivity index (χ3v) is 5.86. The molecule has 2 nitrogen and oxygen atoms in total. The highest BCUT2D eigenvalue weighted by molar-refractivity contribution is 8.77. The summed E-state index contributed by atoms with van der Waals surface area (Å²) in [6.45, 7) is 0. The molecule has 17 heavy (non-hydrogen) atoms. The van der Waals surface area contributed by atoms with E-state index in [-0.39, 0.29) is 5.91 Å². The maximum Gasteiger partial charge on any atom is 0.220 e. The monoisotopic (exact) mass is 268 g/mol. The lowest BCUT2D eigenvalue weighted by Gasteiger charge is -2.10. The quantitative estimate of drug-likeness (QED) is 0.592. The minimum atomic E-state index is 0.143. The zero-order chi connectivity index (χ0) is 11.9. The van der Waals surface area contributed by atoms with E-state index in [1.807, 2.05) is 47.3 Å². The van der Waals surface area contributed by atoms with Gasteiger partial charge < -0.3 is 5.32 Å². The Labute approximate surface area is 112 Å². The number of hydrogen-bond acceptors (Lipinski definition) is 3. The van der Waals surface area contributed by atoms with E-state index in [1.54, 1.807) is 0 Å². The van der Waals surface area contributed by atoms with Crippen molar-refractivity contribution in [2.75, 3.05) is 5.75 Å². The van der Waals surface area contributed by atoms with E-state index in [4.69, 9.17) is 0 Å². The summed E-state index contributed by atoms with van der Waals surface area (Å²) in [4.78, 5) is 11.6. The van der Waals surface area contributed by atoms with Crippen molar-refractivity contribution >= 4 is 27.5 Å². The molecule has 1 aliphatic carbocycles. The summed E-state index contributed by atoms with van der Waals surface area (Å²) < 4.78 is 0. The van der Waals surface area contributed by atoms with Crippen molar-refractivity contribution in [3.8, 4) is 0 Å². The summed E-state index contributed by atoms with van der Waals surface area (Å²) >= 11 is 0. The molecule has 1 heterocycles. The fourth-order valence-electron chi connectivity index (χ4n) is 1.90. The summed E-state index contributed by atoms with van der Waals surface area (Å²) in [6, 6.07) is 0.915. The van der Waals surface area contributed by atoms with Crippen LogP contribution < -0.4 is 5.32 Å². The van der Waals surface area contributed by atoms with Crippen LogP contribution in [0.5, 0.6) is 0 Å². The van der Waals surface area contributed by atoms with Gasteiger partial charge in [-0.1, -0.05) is 28.0 Å². The number of rotatable bonds is 6. The molecule has 1 amide bonds. The Hall–Kier alpha value is 0.170. The smallest absolute Gasteiger partial charge is 0.220 e. The molecule has 2 rings (SSSR count). The van der Waals surface area contributed by atoms with Crippen molar-refractivity contribution in [3.05, 3.63) is 31.7 Å². The zero-order valence-corrected chi connectivity index (χ0v) is 11.5. The topological polar surface area (TPSA) is 29.1 Å². The summed E-state index contributed by atoms with van der Waals surface area (Å²) in [5.41, 5.74) is 0. The Bertz CT molecular complexity index is 236. The van der Waals surface area contributed by atoms with Crippen LogP contribution in [0, 0.1) is 31.7 Å². The second-order valence-corrected chi connectivity index (χ2v) is 7.08. The molecule has 1 unspecified atom stereocenters. The van der Waals surface area contributed by atoms with Crippen LogP contribution in [0.1, 0.15) is 32.1 Å². The second-order valence-electron chi connectivity index (χ2n) is 4.30. The molecular formula is C13H18NOS2. The van der Waals surface area contributed by atoms with Crippen LogP contribution in [0.3, 0.4) is 0 Å². The molecule has 1 atom stereocenters. The Morgan fingerprint density at radius 1 is 1.35 bits per heavy atom. The number of carbonyl (C=O) groups excluding carboxylic acids is 1. The summed E-state index contributed by atoms with van der Waals surface area (Å²) in [7, 11) is 4.01. The van der Waals surface area contributed by atoms with Gasteiger partial charge in [0.05, 0.1) is 6.04 Å². The Kier molecular flexibility index (Phi) is 6.06. The molecule has 1 N–H and O–H groups in total. The van der Waals surface area contributed by atoms with E-state index in [9.17, 15) is 4.79 Å². The third kappa shape index (κ3) is 5.12. The number of hydrogen-bond donors (Lipinski definition) is 1. The molecule has 0 bridgehead atoms. The zero-order valence-electron chi connectivity index (χ0n) is 9.85. The summed E-state index contributed by atoms with van der Waals surface area (Å²) in [5.74, 6) is 1.44. The van der Waals surface area contributed by atoms with Crippen molar-refractivity contribution in [1.29, 1.82) is 0 Å². The van der Waals surface area contributed by atoms with Gasteiger partial charge in [0.1, 0.15) is 0 Å². The molecule has 0 spiro atoms. The molecule has 5 radical (unpaired) electrons. The molecule has 0 aromatic rings. The predicted molar refractivity (Wildman–Crippen MR) is 75.5 cm³/mol. The van der Waals surface area contributed by atoms with E-state index >= 15 is 0 Å². The Morgan fingerprint density at radius 3 is 2.88 bits per heavy atom. The molecule has 0 aromatic heterocycles. The standard InChI is InChI=1S/C13H18NOS2/c15-13(14-11-5-1-2-6-11)8-4-3-7-12-9-10-16-17-12/h1-2,5-6,12H,3-4,7-10H2,(H,14,15). The fraction of sp³-hybridized carbons (Fsp3) is 0.538. The average Bonchev–Trinajstić information content (AvgIpc) is 2.96. The van der Waals surface area contributed by atoms with Crippen LogP contribution >= 0.6 is 21.6 Å². The molecule has 1 saturated heterocycles. The minimum Gasteiger partial charge on any atom is -0.348 e. The summed E-state index contributed by atoms with van der Waals surface area (Å²) in [5, 5.41) is 3.73. The molecule has 2 aliphatic rings. The van der Waals surface area contributed by atoms with Crippen molar-refractivity contribution in [2.45, 2.75) is 37.4 Å². The SMILES string of the molecule is O=C(CCCCC1CCSS1)N[C]1[CH][CH][CH][CH]1. The highest BCUT2D eigenvalue weighted by Crippen LogP contribution is 2.39. The van der Waals surface area contributed by atoms with E-state index < -0.39 is 0 Å². The van der Waals surface area contributed by atoms with Crippen molar-refractivity contribution in [2.24, 2.45) is 0 Å². The van der Waals surface area contributed by atoms with Gasteiger partial charge in [-0.25, -0.2) is 0 Å². The molecule has 1 saturated carbocycles. The molecule has 93 valence electrons. The number of amides is 1. The minimum absolute atomic E-state index is 0.143. The van der Waals surface area contributed by atoms with Crippen molar-refractivity contribution < 1.29 is 4.79 Å². The van der Waals surface area contributed by atoms with Crippen molar-refractivity contribution in [1.82, 2.24) is 5.32 Å². The van der Waals surface area contributed by atoms with Gasteiger partial charge in [0, 0.05) is 17.4 Å². The number of carbonyl (C=O) groups is 1. The average molecular weight is 268 g/mol. The van der Waals surface area contributed by atoms with Gasteiger partial charge in [0.2, 0.25) is 5.91 Å². The van der Waals surface area contributed by atoms with Gasteiger partial charge in [-0.2, -0.15) is 0 Å². The van der Waals surface area contributed by atoms with Crippen molar-refractivity contribution in [3.63, 3.8) is 0 Å². The van der Waals surface area contributed by atoms with Gasteiger partial charge in [-0.15, -0.1) is 0 Å². The van der Waals surface area contributed by atoms with E-state index in [1.165, 1.54) is 25.0 Å². The van der Waals surface area contributed by atoms with E-state index in [0.29, 0.717) is 6.42 Å². The van der Waals surface area contributed by atoms with Gasteiger partial charge in [-0.3, -0.25) is 4.79 Å². The first-order valence-electron chi connectivity index (χ1n) is 6.14. The lowest BCUT2D eigenvalue weighted by atomic mass is 10.1. The molecule has 1 aliphatic heterocycles. The Morgan fingerprint density at radius 2 is 2.18 bits per heavy atom. The molecule has 0 aromatic carbocycles. The number of nitrogens with one attached hydrogen (secondary N) is 1. The fourth-order valence-corrected chi connectivity index (χ4v) is 4.93. The molecule has 2 fully saturated rings. The normalized spacial score (nSPS) is 25.3. The molecular weight excluding hydrogens is 250 g/mol. The number of unbranched alkanes of at least 4 members (excludes halogenated alkanes) is 1. The maximum absolute atomic E-state index is 11.6. The Balaban J connectivity index is 1.47. The highest BCUT2D eigenvalue weighted by Gasteiger charge is 2.19. The van der Waals surface area contributed by atoms with Gasteiger partial charge in [0.15, 0.2) is 0 Å². The van der Waals surface area contributed by atoms with E-state index in [2.05, 4.69) is 5.32 Å². The van der Waals surface area contributed by atoms with Crippen LogP contribution in [-0.2, 0) is 4.79 Å². The van der Waals surface area contributed by atoms with Crippen LogP contribution in [0.15, 0.2) is 0 Å². The van der Waals surface area contributed by atoms with Gasteiger partial charge in [-0.05, 0) is 44.9 Å². The second kappa shape index (κ2) is 7.57. The first-order valence-corrected chi connectivity index (χ1v) is 8.52. The lowest BCUT2D eigenvalue weighted by Crippen LogP contribution is -2.26.